The van der Waals surface area contributed by atoms with Crippen LogP contribution in [0.2, 0.25) is 0 Å². The largest absolute Gasteiger partial charge is 0.343 e. The molecule has 2 heterocycles. The molecule has 0 bridgehead atoms. The van der Waals surface area contributed by atoms with E-state index < -0.39 is 0 Å². The van der Waals surface area contributed by atoms with Gasteiger partial charge in [0.25, 0.3) is 11.8 Å². The number of carbonyl (C=O) groups excluding carboxylic acids is 3. The Balaban J connectivity index is 1.51. The van der Waals surface area contributed by atoms with E-state index in [1.807, 2.05) is 4.90 Å². The molecule has 1 saturated carbocycles. The summed E-state index contributed by atoms with van der Waals surface area (Å²) in [6, 6.07) is 3.29. The molecule has 0 unspecified atom stereocenters. The van der Waals surface area contributed by atoms with Crippen molar-refractivity contribution in [2.24, 2.45) is 5.92 Å². The van der Waals surface area contributed by atoms with Crippen LogP contribution in [-0.4, -0.2) is 77.7 Å². The number of pyridine rings is 1. The molecule has 0 aromatic carbocycles. The molecule has 0 N–H and O–H groups in total. The molecule has 30 heavy (non-hydrogen) atoms. The fourth-order valence-electron chi connectivity index (χ4n) is 4.43. The first kappa shape index (κ1) is 22.2. The number of carbonyl (C=O) groups is 3. The van der Waals surface area contributed by atoms with Crippen molar-refractivity contribution in [3.63, 3.8) is 0 Å². The molecule has 3 rings (SSSR count). The summed E-state index contributed by atoms with van der Waals surface area (Å²) < 4.78 is 0. The van der Waals surface area contributed by atoms with Gasteiger partial charge in [-0.2, -0.15) is 0 Å². The van der Waals surface area contributed by atoms with Crippen molar-refractivity contribution in [2.45, 2.75) is 51.9 Å². The van der Waals surface area contributed by atoms with Gasteiger partial charge < -0.3 is 14.7 Å². The third-order valence-electron chi connectivity index (χ3n) is 6.35. The molecular formula is C23H34N4O3. The standard InChI is InChI=1S/C23H34N4O3/c1-17-19(10-11-20(24-17)23(30)25(2)3)22(29)27-15-13-26(14-16-27)21(28)12-9-18-7-5-4-6-8-18/h10-11,18H,4-9,12-16H2,1-3H3. The highest BCUT2D eigenvalue weighted by Gasteiger charge is 2.27. The first-order chi connectivity index (χ1) is 14.4. The average Bonchev–Trinajstić information content (AvgIpc) is 2.77. The predicted octanol–water partition coefficient (Wildman–Crippen LogP) is 2.74. The van der Waals surface area contributed by atoms with E-state index in [9.17, 15) is 14.4 Å². The van der Waals surface area contributed by atoms with E-state index >= 15 is 0 Å². The molecule has 0 spiro atoms. The first-order valence-corrected chi connectivity index (χ1v) is 11.1. The van der Waals surface area contributed by atoms with Gasteiger partial charge in [0.05, 0.1) is 11.3 Å². The molecule has 1 saturated heterocycles. The van der Waals surface area contributed by atoms with Gasteiger partial charge in [0.15, 0.2) is 0 Å². The Kier molecular flexibility index (Phi) is 7.45. The highest BCUT2D eigenvalue weighted by atomic mass is 16.2. The van der Waals surface area contributed by atoms with Gasteiger partial charge in [-0.15, -0.1) is 0 Å². The van der Waals surface area contributed by atoms with Crippen LogP contribution in [0.5, 0.6) is 0 Å². The minimum Gasteiger partial charge on any atom is -0.343 e. The fourth-order valence-corrected chi connectivity index (χ4v) is 4.43. The van der Waals surface area contributed by atoms with Crippen molar-refractivity contribution in [3.8, 4) is 0 Å². The number of nitrogens with zero attached hydrogens (tertiary/aromatic N) is 4. The molecule has 0 radical (unpaired) electrons. The van der Waals surface area contributed by atoms with Crippen LogP contribution in [0.15, 0.2) is 12.1 Å². The molecule has 1 aliphatic heterocycles. The minimum atomic E-state index is -0.183. The van der Waals surface area contributed by atoms with Crippen molar-refractivity contribution < 1.29 is 14.4 Å². The average molecular weight is 415 g/mol. The summed E-state index contributed by atoms with van der Waals surface area (Å²) in [7, 11) is 3.35. The lowest BCUT2D eigenvalue weighted by atomic mass is 9.86. The topological polar surface area (TPSA) is 73.8 Å². The number of hydrogen-bond acceptors (Lipinski definition) is 4. The maximum absolute atomic E-state index is 12.9. The van der Waals surface area contributed by atoms with Crippen LogP contribution >= 0.6 is 0 Å². The molecule has 1 aromatic heterocycles. The number of amides is 3. The Morgan fingerprint density at radius 2 is 1.63 bits per heavy atom. The van der Waals surface area contributed by atoms with Crippen LogP contribution < -0.4 is 0 Å². The van der Waals surface area contributed by atoms with Crippen molar-refractivity contribution >= 4 is 17.7 Å². The van der Waals surface area contributed by atoms with Gasteiger partial charge in [-0.05, 0) is 31.4 Å². The van der Waals surface area contributed by atoms with Gasteiger partial charge in [-0.1, -0.05) is 32.1 Å². The summed E-state index contributed by atoms with van der Waals surface area (Å²) in [5, 5.41) is 0. The SMILES string of the molecule is Cc1nc(C(=O)N(C)C)ccc1C(=O)N1CCN(C(=O)CCC2CCCCC2)CC1. The van der Waals surface area contributed by atoms with Crippen LogP contribution in [0.4, 0.5) is 0 Å². The second kappa shape index (κ2) is 10.0. The third kappa shape index (κ3) is 5.37. The maximum Gasteiger partial charge on any atom is 0.271 e. The van der Waals surface area contributed by atoms with E-state index in [0.29, 0.717) is 55.5 Å². The van der Waals surface area contributed by atoms with E-state index in [0.717, 1.165) is 6.42 Å². The lowest BCUT2D eigenvalue weighted by molar-refractivity contribution is -0.133. The molecule has 7 nitrogen and oxygen atoms in total. The fraction of sp³-hybridized carbons (Fsp3) is 0.652. The van der Waals surface area contributed by atoms with Crippen LogP contribution in [0.3, 0.4) is 0 Å². The summed E-state index contributed by atoms with van der Waals surface area (Å²) in [4.78, 5) is 47.0. The summed E-state index contributed by atoms with van der Waals surface area (Å²) in [6.07, 6.45) is 8.11. The molecule has 1 aliphatic carbocycles. The molecule has 164 valence electrons. The van der Waals surface area contributed by atoms with Crippen LogP contribution in [-0.2, 0) is 4.79 Å². The third-order valence-corrected chi connectivity index (χ3v) is 6.35. The molecular weight excluding hydrogens is 380 g/mol. The monoisotopic (exact) mass is 414 g/mol. The van der Waals surface area contributed by atoms with Gasteiger partial charge >= 0.3 is 0 Å². The number of hydrogen-bond donors (Lipinski definition) is 0. The zero-order valence-corrected chi connectivity index (χ0v) is 18.5. The number of aryl methyl sites for hydroxylation is 1. The first-order valence-electron chi connectivity index (χ1n) is 11.1. The van der Waals surface area contributed by atoms with E-state index in [4.69, 9.17) is 0 Å². The van der Waals surface area contributed by atoms with Crippen molar-refractivity contribution in [3.05, 3.63) is 29.1 Å². The Labute approximate surface area is 179 Å². The van der Waals surface area contributed by atoms with Crippen molar-refractivity contribution in [1.82, 2.24) is 19.7 Å². The van der Waals surface area contributed by atoms with Crippen LogP contribution in [0.25, 0.3) is 0 Å². The predicted molar refractivity (Wildman–Crippen MR) is 115 cm³/mol. The zero-order valence-electron chi connectivity index (χ0n) is 18.5. The lowest BCUT2D eigenvalue weighted by Crippen LogP contribution is -2.50. The number of aromatic nitrogens is 1. The normalized spacial score (nSPS) is 17.7. The molecule has 3 amide bonds. The molecule has 2 fully saturated rings. The molecule has 2 aliphatic rings. The smallest absolute Gasteiger partial charge is 0.271 e. The second-order valence-electron chi connectivity index (χ2n) is 8.74. The van der Waals surface area contributed by atoms with Gasteiger partial charge in [-0.3, -0.25) is 14.4 Å². The highest BCUT2D eigenvalue weighted by Crippen LogP contribution is 2.27. The minimum absolute atomic E-state index is 0.0850. The van der Waals surface area contributed by atoms with Crippen LogP contribution in [0.1, 0.15) is 71.5 Å². The maximum atomic E-state index is 12.9. The van der Waals surface area contributed by atoms with E-state index in [-0.39, 0.29) is 17.7 Å². The van der Waals surface area contributed by atoms with Crippen molar-refractivity contribution in [2.75, 3.05) is 40.3 Å². The van der Waals surface area contributed by atoms with Crippen molar-refractivity contribution in [1.29, 1.82) is 0 Å². The molecule has 0 atom stereocenters. The molecule has 7 heteroatoms. The Hall–Kier alpha value is -2.44. The Morgan fingerprint density at radius 1 is 1.00 bits per heavy atom. The zero-order chi connectivity index (χ0) is 21.7. The number of piperazine rings is 1. The quantitative estimate of drug-likeness (QED) is 0.743. The van der Waals surface area contributed by atoms with E-state index in [1.54, 1.807) is 38.1 Å². The van der Waals surface area contributed by atoms with Gasteiger partial charge in [0.2, 0.25) is 5.91 Å². The van der Waals surface area contributed by atoms with Gasteiger partial charge in [0.1, 0.15) is 5.69 Å². The summed E-state index contributed by atoms with van der Waals surface area (Å²) in [5.41, 5.74) is 1.41. The molecule has 1 aromatic rings. The summed E-state index contributed by atoms with van der Waals surface area (Å²) in [5.74, 6) is 0.663. The second-order valence-corrected chi connectivity index (χ2v) is 8.74. The number of rotatable bonds is 5. The Bertz CT molecular complexity index is 779. The van der Waals surface area contributed by atoms with Crippen LogP contribution in [0, 0.1) is 12.8 Å². The van der Waals surface area contributed by atoms with Gasteiger partial charge in [0, 0.05) is 46.7 Å². The summed E-state index contributed by atoms with van der Waals surface area (Å²) >= 11 is 0. The van der Waals surface area contributed by atoms with Gasteiger partial charge in [-0.25, -0.2) is 4.98 Å². The summed E-state index contributed by atoms with van der Waals surface area (Å²) in [6.45, 7) is 3.99. The Morgan fingerprint density at radius 3 is 2.23 bits per heavy atom. The van der Waals surface area contributed by atoms with E-state index in [1.165, 1.54) is 37.0 Å². The lowest BCUT2D eigenvalue weighted by Gasteiger charge is -2.35. The highest BCUT2D eigenvalue weighted by molar-refractivity contribution is 5.97. The van der Waals surface area contributed by atoms with E-state index in [2.05, 4.69) is 4.98 Å².